The van der Waals surface area contributed by atoms with Crippen LogP contribution in [0, 0.1) is 0 Å². The van der Waals surface area contributed by atoms with Gasteiger partial charge in [0.15, 0.2) is 0 Å². The monoisotopic (exact) mass is 281 g/mol. The lowest BCUT2D eigenvalue weighted by Crippen LogP contribution is -3.00. The molecule has 2 rings (SSSR count). The highest BCUT2D eigenvalue weighted by atomic mass is 35.5. The number of hydrogen-bond donors (Lipinski definition) is 0. The summed E-state index contributed by atoms with van der Waals surface area (Å²) >= 11 is 0. The minimum absolute atomic E-state index is 0. The third-order valence-corrected chi connectivity index (χ3v) is 3.44. The van der Waals surface area contributed by atoms with E-state index in [-0.39, 0.29) is 12.4 Å². The van der Waals surface area contributed by atoms with E-state index in [0.29, 0.717) is 12.3 Å². The van der Waals surface area contributed by atoms with E-state index in [1.165, 1.54) is 5.56 Å². The Morgan fingerprint density at radius 2 is 1.74 bits per heavy atom. The summed E-state index contributed by atoms with van der Waals surface area (Å²) in [5, 5.41) is 0. The molecule has 0 N–H and O–H groups in total. The van der Waals surface area contributed by atoms with Crippen molar-refractivity contribution >= 4 is 5.91 Å². The first kappa shape index (κ1) is 16.0. The van der Waals surface area contributed by atoms with Crippen LogP contribution in [0.2, 0.25) is 0 Å². The van der Waals surface area contributed by atoms with Crippen molar-refractivity contribution in [2.45, 2.75) is 26.3 Å². The Morgan fingerprint density at radius 3 is 2.32 bits per heavy atom. The van der Waals surface area contributed by atoms with Gasteiger partial charge in [-0.25, -0.2) is 0 Å². The lowest BCUT2D eigenvalue weighted by molar-refractivity contribution is -0.133. The van der Waals surface area contributed by atoms with Gasteiger partial charge in [0, 0.05) is 39.1 Å². The molecule has 1 aromatic rings. The molecule has 19 heavy (non-hydrogen) atoms. The molecule has 4 heteroatoms. The SMILES string of the molecule is CCCC(=O)N1CCN(Cc2ccccc2)CC1.[Cl-]. The number of amides is 1. The van der Waals surface area contributed by atoms with Crippen LogP contribution in [-0.2, 0) is 11.3 Å². The van der Waals surface area contributed by atoms with Gasteiger partial charge in [0.1, 0.15) is 0 Å². The van der Waals surface area contributed by atoms with Gasteiger partial charge >= 0.3 is 0 Å². The standard InChI is InChI=1S/C15H22N2O.ClH/c1-2-6-15(18)17-11-9-16(10-12-17)13-14-7-4-3-5-8-14;/h3-5,7-8H,2,6,9-13H2,1H3;1H/p-1. The molecule has 1 amide bonds. The molecule has 1 heterocycles. The predicted octanol–water partition coefficient (Wildman–Crippen LogP) is -0.865. The van der Waals surface area contributed by atoms with Gasteiger partial charge in [-0.05, 0) is 12.0 Å². The average Bonchev–Trinajstić information content (AvgIpc) is 2.41. The zero-order valence-corrected chi connectivity index (χ0v) is 12.3. The summed E-state index contributed by atoms with van der Waals surface area (Å²) in [4.78, 5) is 16.2. The summed E-state index contributed by atoms with van der Waals surface area (Å²) in [6.07, 6.45) is 1.64. The van der Waals surface area contributed by atoms with Gasteiger partial charge in [0.05, 0.1) is 0 Å². The number of nitrogens with zero attached hydrogens (tertiary/aromatic N) is 2. The number of carbonyl (C=O) groups excluding carboxylic acids is 1. The second kappa shape index (κ2) is 8.18. The fourth-order valence-corrected chi connectivity index (χ4v) is 2.37. The fourth-order valence-electron chi connectivity index (χ4n) is 2.37. The molecule has 0 atom stereocenters. The molecule has 1 aromatic carbocycles. The van der Waals surface area contributed by atoms with Crippen LogP contribution in [0.1, 0.15) is 25.3 Å². The Kier molecular flexibility index (Phi) is 6.89. The summed E-state index contributed by atoms with van der Waals surface area (Å²) in [7, 11) is 0. The number of rotatable bonds is 4. The molecule has 0 bridgehead atoms. The minimum Gasteiger partial charge on any atom is -1.00 e. The van der Waals surface area contributed by atoms with Crippen LogP contribution in [0.25, 0.3) is 0 Å². The molecule has 1 aliphatic heterocycles. The molecule has 1 saturated heterocycles. The molecular weight excluding hydrogens is 260 g/mol. The van der Waals surface area contributed by atoms with Crippen LogP contribution in [0.4, 0.5) is 0 Å². The van der Waals surface area contributed by atoms with Gasteiger partial charge < -0.3 is 17.3 Å². The van der Waals surface area contributed by atoms with E-state index in [2.05, 4.69) is 36.1 Å². The van der Waals surface area contributed by atoms with Crippen molar-refractivity contribution in [1.29, 1.82) is 0 Å². The Balaban J connectivity index is 0.00000180. The van der Waals surface area contributed by atoms with Gasteiger partial charge in [-0.2, -0.15) is 0 Å². The van der Waals surface area contributed by atoms with E-state index < -0.39 is 0 Å². The summed E-state index contributed by atoms with van der Waals surface area (Å²) in [6, 6.07) is 10.5. The number of hydrogen-bond acceptors (Lipinski definition) is 2. The van der Waals surface area contributed by atoms with Gasteiger partial charge in [-0.1, -0.05) is 37.3 Å². The van der Waals surface area contributed by atoms with E-state index in [9.17, 15) is 4.79 Å². The van der Waals surface area contributed by atoms with Crippen LogP contribution in [0.15, 0.2) is 30.3 Å². The maximum Gasteiger partial charge on any atom is 0.222 e. The first-order valence-corrected chi connectivity index (χ1v) is 6.83. The second-order valence-corrected chi connectivity index (χ2v) is 4.89. The Bertz CT molecular complexity index is 375. The van der Waals surface area contributed by atoms with Crippen LogP contribution in [-0.4, -0.2) is 41.9 Å². The van der Waals surface area contributed by atoms with Gasteiger partial charge in [0.25, 0.3) is 0 Å². The summed E-state index contributed by atoms with van der Waals surface area (Å²) < 4.78 is 0. The van der Waals surface area contributed by atoms with Crippen LogP contribution >= 0.6 is 0 Å². The molecule has 0 saturated carbocycles. The lowest BCUT2D eigenvalue weighted by Gasteiger charge is -2.34. The van der Waals surface area contributed by atoms with E-state index in [0.717, 1.165) is 39.1 Å². The third kappa shape index (κ3) is 4.84. The first-order chi connectivity index (χ1) is 8.79. The van der Waals surface area contributed by atoms with Crippen LogP contribution in [0.3, 0.4) is 0 Å². The van der Waals surface area contributed by atoms with E-state index >= 15 is 0 Å². The molecule has 1 fully saturated rings. The van der Waals surface area contributed by atoms with Crippen molar-refractivity contribution < 1.29 is 17.2 Å². The van der Waals surface area contributed by atoms with E-state index in [4.69, 9.17) is 0 Å². The summed E-state index contributed by atoms with van der Waals surface area (Å²) in [5.74, 6) is 0.317. The second-order valence-electron chi connectivity index (χ2n) is 4.89. The maximum atomic E-state index is 11.8. The molecular formula is C15H22ClN2O-. The molecule has 3 nitrogen and oxygen atoms in total. The lowest BCUT2D eigenvalue weighted by atomic mass is 10.2. The van der Waals surface area contributed by atoms with Crippen molar-refractivity contribution in [3.05, 3.63) is 35.9 Å². The third-order valence-electron chi connectivity index (χ3n) is 3.44. The Labute approximate surface area is 122 Å². The fraction of sp³-hybridized carbons (Fsp3) is 0.533. The normalized spacial score (nSPS) is 15.9. The Morgan fingerprint density at radius 1 is 1.11 bits per heavy atom. The van der Waals surface area contributed by atoms with Crippen molar-refractivity contribution in [1.82, 2.24) is 9.80 Å². The quantitative estimate of drug-likeness (QED) is 0.717. The maximum absolute atomic E-state index is 11.8. The number of halogens is 1. The van der Waals surface area contributed by atoms with E-state index in [1.54, 1.807) is 0 Å². The highest BCUT2D eigenvalue weighted by Gasteiger charge is 2.20. The highest BCUT2D eigenvalue weighted by Crippen LogP contribution is 2.09. The largest absolute Gasteiger partial charge is 1.00 e. The molecule has 1 aliphatic rings. The molecule has 0 radical (unpaired) electrons. The highest BCUT2D eigenvalue weighted by molar-refractivity contribution is 5.76. The number of piperazine rings is 1. The molecule has 0 unspecified atom stereocenters. The molecule has 106 valence electrons. The van der Waals surface area contributed by atoms with Crippen LogP contribution < -0.4 is 12.4 Å². The molecule has 0 spiro atoms. The molecule has 0 aliphatic carbocycles. The predicted molar refractivity (Wildman–Crippen MR) is 73.2 cm³/mol. The molecule has 0 aromatic heterocycles. The number of benzene rings is 1. The van der Waals surface area contributed by atoms with Crippen molar-refractivity contribution in [2.24, 2.45) is 0 Å². The zero-order chi connectivity index (χ0) is 12.8. The Hall–Kier alpha value is -1.06. The summed E-state index contributed by atoms with van der Waals surface area (Å²) in [5.41, 5.74) is 1.35. The number of carbonyl (C=O) groups is 1. The minimum atomic E-state index is 0. The van der Waals surface area contributed by atoms with Gasteiger partial charge in [0.2, 0.25) is 5.91 Å². The van der Waals surface area contributed by atoms with Crippen molar-refractivity contribution in [3.8, 4) is 0 Å². The topological polar surface area (TPSA) is 23.6 Å². The first-order valence-electron chi connectivity index (χ1n) is 6.83. The van der Waals surface area contributed by atoms with E-state index in [1.807, 2.05) is 11.0 Å². The van der Waals surface area contributed by atoms with Crippen LogP contribution in [0.5, 0.6) is 0 Å². The average molecular weight is 282 g/mol. The zero-order valence-electron chi connectivity index (χ0n) is 11.5. The van der Waals surface area contributed by atoms with Gasteiger partial charge in [-0.15, -0.1) is 0 Å². The summed E-state index contributed by atoms with van der Waals surface area (Å²) in [6.45, 7) is 6.80. The smallest absolute Gasteiger partial charge is 0.222 e. The van der Waals surface area contributed by atoms with Crippen molar-refractivity contribution in [2.75, 3.05) is 26.2 Å². The van der Waals surface area contributed by atoms with Crippen molar-refractivity contribution in [3.63, 3.8) is 0 Å². The van der Waals surface area contributed by atoms with Gasteiger partial charge in [-0.3, -0.25) is 9.69 Å².